The summed E-state index contributed by atoms with van der Waals surface area (Å²) in [5, 5.41) is 9.49. The molecule has 0 radical (unpaired) electrons. The zero-order valence-electron chi connectivity index (χ0n) is 29.8. The van der Waals surface area contributed by atoms with Crippen molar-refractivity contribution in [2.24, 2.45) is 0 Å². The Morgan fingerprint density at radius 1 is 0.915 bits per heavy atom. The average molecular weight is 882 g/mol. The van der Waals surface area contributed by atoms with Gasteiger partial charge in [0.15, 0.2) is 36.3 Å². The van der Waals surface area contributed by atoms with Crippen LogP contribution < -0.4 is 21.7 Å². The molecule has 59 heavy (non-hydrogen) atoms. The Bertz CT molecular complexity index is 2590. The summed E-state index contributed by atoms with van der Waals surface area (Å²) < 4.78 is 102. The number of hydrogen-bond acceptors (Lipinski definition) is 18. The lowest BCUT2D eigenvalue weighted by Gasteiger charge is -2.27. The molecule has 2 unspecified atom stereocenters. The fraction of sp³-hybridized carbons (Fsp3) is 0.333. The second-order valence-electron chi connectivity index (χ2n) is 13.1. The van der Waals surface area contributed by atoms with Gasteiger partial charge in [-0.25, -0.2) is 42.5 Å². The van der Waals surface area contributed by atoms with Crippen LogP contribution in [0.15, 0.2) is 83.0 Å². The van der Waals surface area contributed by atoms with Crippen LogP contribution in [0.5, 0.6) is 11.5 Å². The maximum Gasteiger partial charge on any atom is 0.472 e. The maximum absolute atomic E-state index is 16.7. The van der Waals surface area contributed by atoms with Crippen LogP contribution in [-0.2, 0) is 42.5 Å². The minimum absolute atomic E-state index is 0.0223. The van der Waals surface area contributed by atoms with Crippen molar-refractivity contribution in [1.82, 2.24) is 29.1 Å². The number of fused-ring (bicyclic) bond motifs is 4. The lowest BCUT2D eigenvalue weighted by molar-refractivity contribution is -0.0652. The highest BCUT2D eigenvalue weighted by atomic mass is 32.7. The van der Waals surface area contributed by atoms with E-state index in [0.29, 0.717) is 21.5 Å². The van der Waals surface area contributed by atoms with Gasteiger partial charge in [-0.1, -0.05) is 12.1 Å². The summed E-state index contributed by atoms with van der Waals surface area (Å²) in [6, 6.07) is 12.3. The fourth-order valence-electron chi connectivity index (χ4n) is 6.36. The summed E-state index contributed by atoms with van der Waals surface area (Å²) in [5.74, 6) is -0.746. The predicted molar refractivity (Wildman–Crippen MR) is 199 cm³/mol. The van der Waals surface area contributed by atoms with E-state index in [4.69, 9.17) is 38.0 Å². The molecule has 3 saturated heterocycles. The van der Waals surface area contributed by atoms with Gasteiger partial charge >= 0.3 is 26.3 Å². The number of halogens is 2. The van der Waals surface area contributed by atoms with E-state index in [1.807, 2.05) is 4.98 Å². The standard InChI is InChI=1S/C33H31F2N7O14P2S/c34-23-20-11-51-58(49,59-13-16-1-7-19(8-2-16)52-32(45)17-3-5-18(43)6-4-17)56-26-21(54-30(24(26)35)42-15-39-25-28(36)37-14-38-29(25)42)12-50-57(47,48)55-27(23)31(53-20)41-10-9-22(44)40-33(41)46/h1-10,14-15,20-21,23-24,26-27,30-31,43H,11-13H2,(H,47,48)(H2,36,37,38)(H,40,44,46)/t20-,21-,23-,24-,26-,27-,30-,31?,58+/m1/s1. The van der Waals surface area contributed by atoms with E-state index in [0.717, 1.165) is 29.5 Å². The van der Waals surface area contributed by atoms with Gasteiger partial charge in [-0.2, -0.15) is 0 Å². The number of alkyl halides is 2. The summed E-state index contributed by atoms with van der Waals surface area (Å²) >= 11 is 0.561. The third kappa shape index (κ3) is 8.59. The van der Waals surface area contributed by atoms with Gasteiger partial charge in [0, 0.05) is 18.0 Å². The van der Waals surface area contributed by atoms with Crippen LogP contribution in [0.4, 0.5) is 14.6 Å². The number of aromatic amines is 1. The van der Waals surface area contributed by atoms with Crippen LogP contribution in [0.25, 0.3) is 11.2 Å². The Labute approximate surface area is 333 Å². The van der Waals surface area contributed by atoms with E-state index in [9.17, 15) is 33.5 Å². The molecule has 3 aromatic heterocycles. The van der Waals surface area contributed by atoms with Crippen molar-refractivity contribution in [3.63, 3.8) is 0 Å². The van der Waals surface area contributed by atoms with Crippen LogP contribution in [-0.4, -0.2) is 95.0 Å². The molecule has 3 aliphatic heterocycles. The van der Waals surface area contributed by atoms with Gasteiger partial charge in [0.1, 0.15) is 47.8 Å². The first kappa shape index (κ1) is 40.9. The molecular weight excluding hydrogens is 850 g/mol. The smallest absolute Gasteiger partial charge is 0.472 e. The van der Waals surface area contributed by atoms with E-state index in [1.165, 1.54) is 48.5 Å². The monoisotopic (exact) mass is 881 g/mol. The molecule has 21 nitrogen and oxygen atoms in total. The number of esters is 1. The molecule has 0 aliphatic carbocycles. The van der Waals surface area contributed by atoms with Crippen LogP contribution >= 0.6 is 26.0 Å². The second-order valence-corrected chi connectivity index (χ2v) is 18.6. The molecule has 2 aromatic carbocycles. The topological polar surface area (TPSA) is 281 Å². The second kappa shape index (κ2) is 16.3. The summed E-state index contributed by atoms with van der Waals surface area (Å²) in [6.45, 7) is -6.50. The number of imidazole rings is 1. The third-order valence-corrected chi connectivity index (χ3v) is 13.9. The van der Waals surface area contributed by atoms with Crippen molar-refractivity contribution < 1.29 is 65.0 Å². The van der Waals surface area contributed by atoms with Crippen LogP contribution in [0.2, 0.25) is 0 Å². The number of nitrogen functional groups attached to an aromatic ring is 1. The fourth-order valence-corrected chi connectivity index (χ4v) is 10.7. The molecule has 26 heteroatoms. The summed E-state index contributed by atoms with van der Waals surface area (Å²) in [4.78, 5) is 61.8. The number of nitrogens with one attached hydrogen (secondary N) is 1. The van der Waals surface area contributed by atoms with E-state index < -0.39 is 94.3 Å². The number of phenolic OH excluding ortho intramolecular Hbond substituents is 1. The Hall–Kier alpha value is -4.87. The van der Waals surface area contributed by atoms with E-state index in [-0.39, 0.29) is 39.8 Å². The van der Waals surface area contributed by atoms with Gasteiger partial charge in [0.2, 0.25) is 0 Å². The van der Waals surface area contributed by atoms with Crippen molar-refractivity contribution in [3.8, 4) is 11.5 Å². The van der Waals surface area contributed by atoms with Gasteiger partial charge in [0.25, 0.3) is 5.56 Å². The molecule has 3 fully saturated rings. The number of benzene rings is 2. The van der Waals surface area contributed by atoms with E-state index in [1.54, 1.807) is 0 Å². The summed E-state index contributed by atoms with van der Waals surface area (Å²) in [7, 11) is -5.31. The number of carbonyl (C=O) groups excluding carboxylic acids is 1. The third-order valence-electron chi connectivity index (χ3n) is 9.25. The number of H-pyrrole nitrogens is 1. The Morgan fingerprint density at radius 2 is 1.64 bits per heavy atom. The zero-order chi connectivity index (χ0) is 41.6. The first-order valence-corrected chi connectivity index (χ1v) is 22.0. The SMILES string of the molecule is Nc1ncnc2c1ncn2[C@@H]1O[C@@H]2COP(=O)(O)O[C@H]3C(n4ccc(=O)[nH]c4=O)O[C@H](CO[P@](=O)(SCc4ccc(OC(=O)c5ccc(O)cc5)cc4)O[C@H]2[C@H]1F)[C@H]3F. The molecule has 5 aromatic rings. The molecule has 8 rings (SSSR count). The molecule has 6 heterocycles. The molecule has 0 amide bonds. The number of phosphoric ester groups is 1. The van der Waals surface area contributed by atoms with Crippen LogP contribution in [0.3, 0.4) is 0 Å². The number of rotatable bonds is 7. The van der Waals surface area contributed by atoms with Crippen molar-refractivity contribution in [2.45, 2.75) is 55.0 Å². The molecule has 0 saturated carbocycles. The number of hydrogen-bond donors (Lipinski definition) is 4. The highest BCUT2D eigenvalue weighted by Crippen LogP contribution is 2.65. The van der Waals surface area contributed by atoms with Gasteiger partial charge in [-0.15, -0.1) is 0 Å². The molecule has 5 N–H and O–H groups in total. The number of carbonyl (C=O) groups is 1. The number of nitrogens with two attached hydrogens (primary N) is 1. The Kier molecular flexibility index (Phi) is 11.3. The maximum atomic E-state index is 16.7. The minimum Gasteiger partial charge on any atom is -0.508 e. The number of anilines is 1. The first-order chi connectivity index (χ1) is 28.2. The van der Waals surface area contributed by atoms with E-state index >= 15 is 8.78 Å². The summed E-state index contributed by atoms with van der Waals surface area (Å²) in [5.41, 5.74) is 4.85. The van der Waals surface area contributed by atoms with E-state index in [2.05, 4.69) is 15.0 Å². The number of phenols is 1. The Balaban J connectivity index is 1.08. The lowest BCUT2D eigenvalue weighted by atomic mass is 10.1. The minimum atomic E-state index is -5.31. The average Bonchev–Trinajstić information content (AvgIpc) is 3.86. The molecule has 3 aliphatic rings. The molecule has 312 valence electrons. The number of ether oxygens (including phenoxy) is 3. The number of aromatic hydroxyl groups is 1. The van der Waals surface area contributed by atoms with Crippen molar-refractivity contribution in [3.05, 3.63) is 105 Å². The number of phosphoric acid groups is 1. The number of nitrogens with zero attached hydrogens (tertiary/aromatic N) is 5. The van der Waals surface area contributed by atoms with Gasteiger partial charge < -0.3 is 29.9 Å². The summed E-state index contributed by atoms with van der Waals surface area (Å²) in [6.07, 6.45) is -11.9. The number of aromatic nitrogens is 6. The van der Waals surface area contributed by atoms with Crippen molar-refractivity contribution in [1.29, 1.82) is 0 Å². The van der Waals surface area contributed by atoms with Crippen molar-refractivity contribution >= 4 is 49.0 Å². The molecule has 10 atom stereocenters. The Morgan fingerprint density at radius 3 is 2.39 bits per heavy atom. The normalized spacial score (nSPS) is 31.2. The van der Waals surface area contributed by atoms with Crippen molar-refractivity contribution in [2.75, 3.05) is 18.9 Å². The predicted octanol–water partition coefficient (Wildman–Crippen LogP) is 3.31. The van der Waals surface area contributed by atoms with Gasteiger partial charge in [0.05, 0.1) is 25.1 Å². The lowest BCUT2D eigenvalue weighted by Crippen LogP contribution is -2.37. The van der Waals surface area contributed by atoms with Crippen LogP contribution in [0, 0.1) is 0 Å². The van der Waals surface area contributed by atoms with Crippen LogP contribution in [0.1, 0.15) is 28.4 Å². The zero-order valence-corrected chi connectivity index (χ0v) is 32.4. The van der Waals surface area contributed by atoms with Gasteiger partial charge in [-0.05, 0) is 53.3 Å². The molecule has 2 bridgehead atoms. The first-order valence-electron chi connectivity index (χ1n) is 17.3. The van der Waals surface area contributed by atoms with Gasteiger partial charge in [-0.3, -0.25) is 37.0 Å². The molecular formula is C33H31F2N7O14P2S. The largest absolute Gasteiger partial charge is 0.508 e. The quantitative estimate of drug-likeness (QED) is 0.104. The molecule has 0 spiro atoms. The highest BCUT2D eigenvalue weighted by Gasteiger charge is 2.55. The highest BCUT2D eigenvalue weighted by molar-refractivity contribution is 8.54.